The first-order valence-electron chi connectivity index (χ1n) is 9.73. The Balaban J connectivity index is 0.00000240. The maximum absolute atomic E-state index is 11.4. The van der Waals surface area contributed by atoms with Gasteiger partial charge in [0.1, 0.15) is 5.82 Å². The van der Waals surface area contributed by atoms with Gasteiger partial charge in [-0.05, 0) is 50.3 Å². The summed E-state index contributed by atoms with van der Waals surface area (Å²) in [6.07, 6.45) is 5.17. The lowest BCUT2D eigenvalue weighted by Crippen LogP contribution is -2.36. The smallest absolute Gasteiger partial charge is 0.229 e. The number of nitrogen functional groups attached to an aromatic ring is 1. The Morgan fingerprint density at radius 2 is 2.03 bits per heavy atom. The highest BCUT2D eigenvalue weighted by atomic mass is 35.5. The van der Waals surface area contributed by atoms with Crippen LogP contribution in [0.2, 0.25) is 5.02 Å². The van der Waals surface area contributed by atoms with Crippen LogP contribution >= 0.6 is 24.0 Å². The Morgan fingerprint density at radius 1 is 1.24 bits per heavy atom. The standard InChI is InChI=1S/C20H25ClN6O.ClH/c1-12(28)23-15-6-7-27(11-15)19-17-4-2-3-5-18(17)25-20(26-19)24-16-9-13(21)8-14(22)10-16;/h8-10,15H,2-7,11,22H2,1H3,(H,23,28)(H,24,25,26);1H. The fourth-order valence-corrected chi connectivity index (χ4v) is 4.31. The molecule has 2 heterocycles. The third-order valence-corrected chi connectivity index (χ3v) is 5.45. The number of carbonyl (C=O) groups is 1. The Morgan fingerprint density at radius 3 is 2.79 bits per heavy atom. The van der Waals surface area contributed by atoms with E-state index in [1.165, 1.54) is 5.56 Å². The van der Waals surface area contributed by atoms with Crippen molar-refractivity contribution in [1.82, 2.24) is 15.3 Å². The normalized spacial score (nSPS) is 18.0. The number of fused-ring (bicyclic) bond motifs is 1. The summed E-state index contributed by atoms with van der Waals surface area (Å²) in [6.45, 7) is 3.21. The lowest BCUT2D eigenvalue weighted by Gasteiger charge is -2.25. The Kier molecular flexibility index (Phi) is 6.70. The zero-order valence-electron chi connectivity index (χ0n) is 16.4. The summed E-state index contributed by atoms with van der Waals surface area (Å²) in [6, 6.07) is 5.49. The zero-order valence-corrected chi connectivity index (χ0v) is 17.9. The van der Waals surface area contributed by atoms with Crippen molar-refractivity contribution in [2.24, 2.45) is 0 Å². The molecule has 0 saturated carbocycles. The zero-order chi connectivity index (χ0) is 19.7. The summed E-state index contributed by atoms with van der Waals surface area (Å²) >= 11 is 6.12. The molecule has 0 radical (unpaired) electrons. The van der Waals surface area contributed by atoms with E-state index in [0.29, 0.717) is 16.7 Å². The van der Waals surface area contributed by atoms with Crippen molar-refractivity contribution in [2.75, 3.05) is 29.0 Å². The second-order valence-electron chi connectivity index (χ2n) is 7.53. The highest BCUT2D eigenvalue weighted by molar-refractivity contribution is 6.31. The van der Waals surface area contributed by atoms with Gasteiger partial charge >= 0.3 is 0 Å². The number of benzene rings is 1. The van der Waals surface area contributed by atoms with E-state index in [1.807, 2.05) is 12.1 Å². The predicted molar refractivity (Wildman–Crippen MR) is 120 cm³/mol. The van der Waals surface area contributed by atoms with Crippen molar-refractivity contribution in [3.05, 3.63) is 34.5 Å². The lowest BCUT2D eigenvalue weighted by molar-refractivity contribution is -0.119. The van der Waals surface area contributed by atoms with E-state index < -0.39 is 0 Å². The van der Waals surface area contributed by atoms with E-state index in [4.69, 9.17) is 27.3 Å². The molecule has 7 nitrogen and oxygen atoms in total. The van der Waals surface area contributed by atoms with Crippen LogP contribution in [0, 0.1) is 0 Å². The predicted octanol–water partition coefficient (Wildman–Crippen LogP) is 3.47. The van der Waals surface area contributed by atoms with E-state index >= 15 is 0 Å². The number of nitrogens with one attached hydrogen (secondary N) is 2. The van der Waals surface area contributed by atoms with Crippen molar-refractivity contribution in [1.29, 1.82) is 0 Å². The van der Waals surface area contributed by atoms with Gasteiger partial charge in [-0.3, -0.25) is 4.79 Å². The second kappa shape index (κ2) is 9.05. The molecule has 1 aliphatic carbocycles. The number of halogens is 2. The maximum atomic E-state index is 11.4. The van der Waals surface area contributed by atoms with Gasteiger partial charge in [-0.2, -0.15) is 4.98 Å². The van der Waals surface area contributed by atoms with Gasteiger partial charge in [-0.25, -0.2) is 4.98 Å². The number of nitrogens with two attached hydrogens (primary N) is 1. The fourth-order valence-electron chi connectivity index (χ4n) is 4.06. The number of nitrogens with zero attached hydrogens (tertiary/aromatic N) is 3. The second-order valence-corrected chi connectivity index (χ2v) is 7.97. The van der Waals surface area contributed by atoms with Gasteiger partial charge in [0.2, 0.25) is 11.9 Å². The highest BCUT2D eigenvalue weighted by Crippen LogP contribution is 2.32. The molecule has 1 saturated heterocycles. The summed E-state index contributed by atoms with van der Waals surface area (Å²) in [4.78, 5) is 23.3. The minimum atomic E-state index is 0. The first-order chi connectivity index (χ1) is 13.5. The monoisotopic (exact) mass is 436 g/mol. The van der Waals surface area contributed by atoms with E-state index in [1.54, 1.807) is 13.0 Å². The minimum Gasteiger partial charge on any atom is -0.399 e. The van der Waals surface area contributed by atoms with E-state index in [0.717, 1.165) is 62.4 Å². The summed E-state index contributed by atoms with van der Waals surface area (Å²) in [5.74, 6) is 1.55. The maximum Gasteiger partial charge on any atom is 0.229 e. The average molecular weight is 437 g/mol. The molecule has 1 aromatic heterocycles. The van der Waals surface area contributed by atoms with Gasteiger partial charge in [0, 0.05) is 48.0 Å². The molecule has 2 aromatic rings. The van der Waals surface area contributed by atoms with Crippen LogP contribution in [0.15, 0.2) is 18.2 Å². The third-order valence-electron chi connectivity index (χ3n) is 5.23. The lowest BCUT2D eigenvalue weighted by atomic mass is 9.96. The summed E-state index contributed by atoms with van der Waals surface area (Å²) < 4.78 is 0. The molecule has 156 valence electrons. The molecule has 9 heteroatoms. The number of anilines is 4. The molecular formula is C20H26Cl2N6O. The molecule has 1 aliphatic heterocycles. The van der Waals surface area contributed by atoms with Crippen LogP contribution < -0.4 is 21.3 Å². The van der Waals surface area contributed by atoms with Crippen LogP contribution in [-0.2, 0) is 17.6 Å². The van der Waals surface area contributed by atoms with Gasteiger partial charge in [0.25, 0.3) is 0 Å². The van der Waals surface area contributed by atoms with Gasteiger partial charge in [0.05, 0.1) is 5.69 Å². The summed E-state index contributed by atoms with van der Waals surface area (Å²) in [7, 11) is 0. The van der Waals surface area contributed by atoms with Crippen LogP contribution in [0.25, 0.3) is 0 Å². The Bertz CT molecular complexity index is 887. The quantitative estimate of drug-likeness (QED) is 0.634. The van der Waals surface area contributed by atoms with Crippen LogP contribution in [-0.4, -0.2) is 35.0 Å². The topological polar surface area (TPSA) is 96.2 Å². The van der Waals surface area contributed by atoms with Crippen molar-refractivity contribution < 1.29 is 4.79 Å². The van der Waals surface area contributed by atoms with Crippen molar-refractivity contribution in [3.63, 3.8) is 0 Å². The van der Waals surface area contributed by atoms with Crippen molar-refractivity contribution in [2.45, 2.75) is 45.1 Å². The number of carbonyl (C=O) groups excluding carboxylic acids is 1. The molecule has 29 heavy (non-hydrogen) atoms. The number of rotatable bonds is 4. The average Bonchev–Trinajstić information content (AvgIpc) is 3.07. The molecule has 4 N–H and O–H groups in total. The molecule has 0 bridgehead atoms. The summed E-state index contributed by atoms with van der Waals surface area (Å²) in [5, 5.41) is 6.85. The van der Waals surface area contributed by atoms with Gasteiger partial charge in [-0.1, -0.05) is 11.6 Å². The van der Waals surface area contributed by atoms with Crippen molar-refractivity contribution >= 4 is 53.1 Å². The number of hydrogen-bond acceptors (Lipinski definition) is 6. The van der Waals surface area contributed by atoms with Crippen LogP contribution in [0.5, 0.6) is 0 Å². The molecule has 0 spiro atoms. The minimum absolute atomic E-state index is 0. The van der Waals surface area contributed by atoms with E-state index in [-0.39, 0.29) is 24.4 Å². The van der Waals surface area contributed by atoms with Crippen LogP contribution in [0.4, 0.5) is 23.1 Å². The molecule has 1 amide bonds. The number of hydrogen-bond donors (Lipinski definition) is 3. The van der Waals surface area contributed by atoms with Gasteiger partial charge < -0.3 is 21.3 Å². The molecule has 1 fully saturated rings. The highest BCUT2D eigenvalue weighted by Gasteiger charge is 2.28. The van der Waals surface area contributed by atoms with Crippen molar-refractivity contribution in [3.8, 4) is 0 Å². The number of aromatic nitrogens is 2. The largest absolute Gasteiger partial charge is 0.399 e. The Labute approximate surface area is 181 Å². The first kappa shape index (κ1) is 21.5. The van der Waals surface area contributed by atoms with Gasteiger partial charge in [0.15, 0.2) is 0 Å². The van der Waals surface area contributed by atoms with Crippen LogP contribution in [0.3, 0.4) is 0 Å². The van der Waals surface area contributed by atoms with E-state index in [9.17, 15) is 4.79 Å². The fraction of sp³-hybridized carbons (Fsp3) is 0.450. The SMILES string of the molecule is CC(=O)NC1CCN(c2nc(Nc3cc(N)cc(Cl)c3)nc3c2CCCC3)C1.Cl. The summed E-state index contributed by atoms with van der Waals surface area (Å²) in [5.41, 5.74) is 9.61. The molecule has 1 unspecified atom stereocenters. The molecule has 2 aliphatic rings. The molecule has 1 aromatic carbocycles. The van der Waals surface area contributed by atoms with Crippen LogP contribution in [0.1, 0.15) is 37.4 Å². The van der Waals surface area contributed by atoms with E-state index in [2.05, 4.69) is 15.5 Å². The molecule has 4 rings (SSSR count). The Hall–Kier alpha value is -2.25. The molecule has 1 atom stereocenters. The number of aryl methyl sites for hydroxylation is 1. The number of amides is 1. The molecular weight excluding hydrogens is 411 g/mol. The van der Waals surface area contributed by atoms with Gasteiger partial charge in [-0.15, -0.1) is 12.4 Å². The first-order valence-corrected chi connectivity index (χ1v) is 10.1. The third kappa shape index (κ3) is 5.03.